The maximum atomic E-state index is 4.73. The number of hydrogen-bond donors (Lipinski definition) is 2. The fourth-order valence-electron chi connectivity index (χ4n) is 3.04. The summed E-state index contributed by atoms with van der Waals surface area (Å²) in [5.41, 5.74) is 9.08. The predicted molar refractivity (Wildman–Crippen MR) is 94.8 cm³/mol. The molecule has 2 heterocycles. The fraction of sp³-hybridized carbons (Fsp3) is 0.0526. The number of fused-ring (bicyclic) bond motifs is 4. The summed E-state index contributed by atoms with van der Waals surface area (Å²) >= 11 is 0. The van der Waals surface area contributed by atoms with Gasteiger partial charge in [0.1, 0.15) is 0 Å². The van der Waals surface area contributed by atoms with Crippen LogP contribution in [0.2, 0.25) is 0 Å². The zero-order valence-electron chi connectivity index (χ0n) is 12.6. The first-order valence-electron chi connectivity index (χ1n) is 7.61. The lowest BCUT2D eigenvalue weighted by Gasteiger charge is -2.23. The van der Waals surface area contributed by atoms with Crippen molar-refractivity contribution in [1.82, 2.24) is 9.97 Å². The van der Waals surface area contributed by atoms with Gasteiger partial charge in [0.2, 0.25) is 0 Å². The average Bonchev–Trinajstić information content (AvgIpc) is 2.56. The second-order valence-corrected chi connectivity index (χ2v) is 5.90. The SMILES string of the molecule is Cc1ccc2c(c1)Nc1cc3nc4ccccc4nc3cc1N2. The van der Waals surface area contributed by atoms with E-state index in [0.717, 1.165) is 44.8 Å². The lowest BCUT2D eigenvalue weighted by atomic mass is 10.1. The van der Waals surface area contributed by atoms with E-state index in [1.807, 2.05) is 24.3 Å². The lowest BCUT2D eigenvalue weighted by Crippen LogP contribution is -2.07. The summed E-state index contributed by atoms with van der Waals surface area (Å²) in [6.45, 7) is 2.09. The van der Waals surface area contributed by atoms with Gasteiger partial charge in [-0.15, -0.1) is 0 Å². The molecule has 0 unspecified atom stereocenters. The van der Waals surface area contributed by atoms with Crippen molar-refractivity contribution < 1.29 is 0 Å². The molecule has 1 aliphatic heterocycles. The van der Waals surface area contributed by atoms with Gasteiger partial charge in [-0.3, -0.25) is 0 Å². The van der Waals surface area contributed by atoms with Gasteiger partial charge in [-0.2, -0.15) is 0 Å². The fourth-order valence-corrected chi connectivity index (χ4v) is 3.04. The highest BCUT2D eigenvalue weighted by atomic mass is 15.0. The van der Waals surface area contributed by atoms with Gasteiger partial charge in [-0.05, 0) is 48.9 Å². The van der Waals surface area contributed by atoms with Gasteiger partial charge in [0.15, 0.2) is 0 Å². The summed E-state index contributed by atoms with van der Waals surface area (Å²) in [7, 11) is 0. The second kappa shape index (κ2) is 4.43. The summed E-state index contributed by atoms with van der Waals surface area (Å²) in [5, 5.41) is 6.97. The van der Waals surface area contributed by atoms with Crippen LogP contribution in [-0.4, -0.2) is 9.97 Å². The van der Waals surface area contributed by atoms with Gasteiger partial charge in [0.25, 0.3) is 0 Å². The molecule has 4 nitrogen and oxygen atoms in total. The van der Waals surface area contributed by atoms with Crippen molar-refractivity contribution >= 4 is 44.8 Å². The Kier molecular flexibility index (Phi) is 2.39. The molecule has 23 heavy (non-hydrogen) atoms. The highest BCUT2D eigenvalue weighted by Gasteiger charge is 2.16. The molecule has 2 N–H and O–H groups in total. The highest BCUT2D eigenvalue weighted by molar-refractivity contribution is 5.98. The molecule has 0 fully saturated rings. The molecule has 1 aromatic heterocycles. The summed E-state index contributed by atoms with van der Waals surface area (Å²) in [4.78, 5) is 9.45. The number of nitrogens with zero attached hydrogens (tertiary/aromatic N) is 2. The van der Waals surface area contributed by atoms with E-state index in [1.165, 1.54) is 5.56 Å². The molecule has 0 spiro atoms. The molecule has 5 rings (SSSR count). The third kappa shape index (κ3) is 1.92. The van der Waals surface area contributed by atoms with Crippen LogP contribution < -0.4 is 10.6 Å². The second-order valence-electron chi connectivity index (χ2n) is 5.90. The van der Waals surface area contributed by atoms with Crippen molar-refractivity contribution in [2.75, 3.05) is 10.6 Å². The van der Waals surface area contributed by atoms with Crippen LogP contribution in [-0.2, 0) is 0 Å². The number of anilines is 4. The molecule has 0 radical (unpaired) electrons. The van der Waals surface area contributed by atoms with Crippen molar-refractivity contribution in [3.8, 4) is 0 Å². The van der Waals surface area contributed by atoms with Crippen LogP contribution in [0.1, 0.15) is 5.56 Å². The molecule has 1 aliphatic rings. The van der Waals surface area contributed by atoms with Crippen molar-refractivity contribution in [2.45, 2.75) is 6.92 Å². The first kappa shape index (κ1) is 12.4. The van der Waals surface area contributed by atoms with E-state index in [2.05, 4.69) is 47.9 Å². The van der Waals surface area contributed by atoms with E-state index in [9.17, 15) is 0 Å². The van der Waals surface area contributed by atoms with Crippen molar-refractivity contribution in [2.24, 2.45) is 0 Å². The Balaban J connectivity index is 1.72. The summed E-state index contributed by atoms with van der Waals surface area (Å²) < 4.78 is 0. The van der Waals surface area contributed by atoms with E-state index in [1.54, 1.807) is 0 Å². The molecule has 4 heteroatoms. The molecular weight excluding hydrogens is 284 g/mol. The standard InChI is InChI=1S/C19H14N4/c1-11-6-7-14-15(8-11)23-19-10-17-16(9-18(19)22-14)20-12-4-2-3-5-13(12)21-17/h2-10,22-23H,1H3. The minimum absolute atomic E-state index is 0.896. The smallest absolute Gasteiger partial charge is 0.0916 e. The molecule has 0 aliphatic carbocycles. The number of aromatic nitrogens is 2. The number of para-hydroxylation sites is 2. The largest absolute Gasteiger partial charge is 0.352 e. The summed E-state index contributed by atoms with van der Waals surface area (Å²) in [6, 6.07) is 18.4. The van der Waals surface area contributed by atoms with E-state index >= 15 is 0 Å². The minimum atomic E-state index is 0.896. The molecule has 0 atom stereocenters. The van der Waals surface area contributed by atoms with Gasteiger partial charge in [0, 0.05) is 0 Å². The molecular formula is C19H14N4. The monoisotopic (exact) mass is 298 g/mol. The molecule has 3 aromatic carbocycles. The van der Waals surface area contributed by atoms with Gasteiger partial charge >= 0.3 is 0 Å². The third-order valence-corrected chi connectivity index (χ3v) is 4.19. The summed E-state index contributed by atoms with van der Waals surface area (Å²) in [5.74, 6) is 0. The number of benzene rings is 3. The minimum Gasteiger partial charge on any atom is -0.352 e. The molecule has 0 amide bonds. The number of hydrogen-bond acceptors (Lipinski definition) is 4. The topological polar surface area (TPSA) is 49.8 Å². The Morgan fingerprint density at radius 3 is 1.83 bits per heavy atom. The van der Waals surface area contributed by atoms with Crippen LogP contribution in [0.5, 0.6) is 0 Å². The first-order valence-corrected chi connectivity index (χ1v) is 7.61. The van der Waals surface area contributed by atoms with Crippen LogP contribution in [0.15, 0.2) is 54.6 Å². The summed E-state index contributed by atoms with van der Waals surface area (Å²) in [6.07, 6.45) is 0. The highest BCUT2D eigenvalue weighted by Crippen LogP contribution is 2.40. The maximum Gasteiger partial charge on any atom is 0.0916 e. The normalized spacial score (nSPS) is 12.4. The van der Waals surface area contributed by atoms with Gasteiger partial charge in [-0.25, -0.2) is 9.97 Å². The van der Waals surface area contributed by atoms with Crippen LogP contribution >= 0.6 is 0 Å². The van der Waals surface area contributed by atoms with Gasteiger partial charge in [-0.1, -0.05) is 18.2 Å². The Hall–Kier alpha value is -3.14. The third-order valence-electron chi connectivity index (χ3n) is 4.19. The quantitative estimate of drug-likeness (QED) is 0.400. The zero-order valence-corrected chi connectivity index (χ0v) is 12.6. The molecule has 0 saturated carbocycles. The van der Waals surface area contributed by atoms with Crippen LogP contribution in [0, 0.1) is 6.92 Å². The molecule has 0 saturated heterocycles. The van der Waals surface area contributed by atoms with E-state index < -0.39 is 0 Å². The average molecular weight is 298 g/mol. The van der Waals surface area contributed by atoms with Crippen LogP contribution in [0.25, 0.3) is 22.1 Å². The van der Waals surface area contributed by atoms with Crippen LogP contribution in [0.3, 0.4) is 0 Å². The molecule has 0 bridgehead atoms. The Bertz CT molecular complexity index is 1090. The van der Waals surface area contributed by atoms with Crippen LogP contribution in [0.4, 0.5) is 22.7 Å². The van der Waals surface area contributed by atoms with Crippen molar-refractivity contribution in [3.63, 3.8) is 0 Å². The first-order chi connectivity index (χ1) is 11.3. The Morgan fingerprint density at radius 1 is 0.609 bits per heavy atom. The Labute approximate surface area is 133 Å². The Morgan fingerprint density at radius 2 is 1.17 bits per heavy atom. The van der Waals surface area contributed by atoms with E-state index in [4.69, 9.17) is 9.97 Å². The van der Waals surface area contributed by atoms with E-state index in [0.29, 0.717) is 0 Å². The van der Waals surface area contributed by atoms with Gasteiger partial charge < -0.3 is 10.6 Å². The van der Waals surface area contributed by atoms with Crippen molar-refractivity contribution in [3.05, 3.63) is 60.2 Å². The number of nitrogens with one attached hydrogen (secondary N) is 2. The van der Waals surface area contributed by atoms with Gasteiger partial charge in [0.05, 0.1) is 44.8 Å². The number of rotatable bonds is 0. The zero-order chi connectivity index (χ0) is 15.4. The predicted octanol–water partition coefficient (Wildman–Crippen LogP) is 4.89. The molecule has 110 valence electrons. The lowest BCUT2D eigenvalue weighted by molar-refractivity contribution is 1.37. The van der Waals surface area contributed by atoms with E-state index in [-0.39, 0.29) is 0 Å². The van der Waals surface area contributed by atoms with Crippen molar-refractivity contribution in [1.29, 1.82) is 0 Å². The maximum absolute atomic E-state index is 4.73. The molecule has 4 aromatic rings. The number of aryl methyl sites for hydroxylation is 1.